The standard InChI is InChI=1S/C17H15ClN6O/c1-9(22-17-21-8-11(7-19)15(20-2)24-17)13-6-10-5-12(18)3-4-14(10)23-16(13)25/h3-6,8-9H,1-2H3,(H,23,25)(H2,20,21,22,24)/t9-/m0/s1. The van der Waals surface area contributed by atoms with Gasteiger partial charge in [0.2, 0.25) is 5.95 Å². The minimum absolute atomic E-state index is 0.197. The Kier molecular flexibility index (Phi) is 4.55. The number of fused-ring (bicyclic) bond motifs is 1. The summed E-state index contributed by atoms with van der Waals surface area (Å²) in [4.78, 5) is 23.5. The van der Waals surface area contributed by atoms with Crippen molar-refractivity contribution in [3.05, 3.63) is 57.0 Å². The lowest BCUT2D eigenvalue weighted by Crippen LogP contribution is -2.20. The zero-order chi connectivity index (χ0) is 18.0. The van der Waals surface area contributed by atoms with E-state index in [1.54, 1.807) is 31.3 Å². The van der Waals surface area contributed by atoms with Crippen LogP contribution in [0, 0.1) is 11.3 Å². The molecular weight excluding hydrogens is 340 g/mol. The molecule has 0 unspecified atom stereocenters. The number of aromatic amines is 1. The van der Waals surface area contributed by atoms with Crippen molar-refractivity contribution in [2.75, 3.05) is 17.7 Å². The van der Waals surface area contributed by atoms with Crippen LogP contribution in [0.25, 0.3) is 10.9 Å². The molecule has 7 nitrogen and oxygen atoms in total. The number of rotatable bonds is 4. The van der Waals surface area contributed by atoms with Crippen molar-refractivity contribution in [2.24, 2.45) is 0 Å². The zero-order valence-electron chi connectivity index (χ0n) is 13.6. The first-order valence-electron chi connectivity index (χ1n) is 7.55. The van der Waals surface area contributed by atoms with Crippen molar-refractivity contribution >= 4 is 34.3 Å². The highest BCUT2D eigenvalue weighted by Crippen LogP contribution is 2.21. The summed E-state index contributed by atoms with van der Waals surface area (Å²) in [5, 5.41) is 16.4. The molecule has 3 aromatic rings. The quantitative estimate of drug-likeness (QED) is 0.664. The molecule has 0 aliphatic rings. The molecule has 1 atom stereocenters. The molecule has 0 radical (unpaired) electrons. The van der Waals surface area contributed by atoms with Crippen molar-refractivity contribution in [1.82, 2.24) is 15.0 Å². The minimum atomic E-state index is -0.343. The Hall–Kier alpha value is -3.11. The fraction of sp³-hybridized carbons (Fsp3) is 0.176. The molecule has 0 bridgehead atoms. The van der Waals surface area contributed by atoms with E-state index in [0.29, 0.717) is 27.9 Å². The lowest BCUT2D eigenvalue weighted by Gasteiger charge is -2.15. The molecule has 1 aromatic carbocycles. The zero-order valence-corrected chi connectivity index (χ0v) is 14.3. The molecule has 0 amide bonds. The van der Waals surface area contributed by atoms with Crippen LogP contribution in [0.2, 0.25) is 5.02 Å². The van der Waals surface area contributed by atoms with Crippen LogP contribution in [0.5, 0.6) is 0 Å². The number of nitriles is 1. The smallest absolute Gasteiger partial charge is 0.253 e. The normalized spacial score (nSPS) is 11.8. The largest absolute Gasteiger partial charge is 0.372 e. The molecule has 3 N–H and O–H groups in total. The van der Waals surface area contributed by atoms with E-state index < -0.39 is 0 Å². The van der Waals surface area contributed by atoms with Crippen LogP contribution in [0.4, 0.5) is 11.8 Å². The first-order chi connectivity index (χ1) is 12.0. The van der Waals surface area contributed by atoms with Crippen molar-refractivity contribution in [1.29, 1.82) is 5.26 Å². The number of pyridine rings is 1. The average Bonchev–Trinajstić information content (AvgIpc) is 2.61. The second kappa shape index (κ2) is 6.79. The minimum Gasteiger partial charge on any atom is -0.372 e. The van der Waals surface area contributed by atoms with Crippen molar-refractivity contribution < 1.29 is 0 Å². The molecule has 0 saturated carbocycles. The summed E-state index contributed by atoms with van der Waals surface area (Å²) in [6.45, 7) is 1.83. The molecule has 8 heteroatoms. The topological polar surface area (TPSA) is 106 Å². The van der Waals surface area contributed by atoms with Crippen molar-refractivity contribution in [3.63, 3.8) is 0 Å². The Balaban J connectivity index is 1.94. The molecule has 2 aromatic heterocycles. The average molecular weight is 355 g/mol. The van der Waals surface area contributed by atoms with Gasteiger partial charge in [-0.2, -0.15) is 10.2 Å². The first kappa shape index (κ1) is 16.7. The number of aromatic nitrogens is 3. The van der Waals surface area contributed by atoms with Gasteiger partial charge < -0.3 is 15.6 Å². The third-order valence-corrected chi connectivity index (χ3v) is 4.03. The van der Waals surface area contributed by atoms with Gasteiger partial charge in [0, 0.05) is 28.5 Å². The molecular formula is C17H15ClN6O. The molecule has 126 valence electrons. The highest BCUT2D eigenvalue weighted by molar-refractivity contribution is 6.31. The van der Waals surface area contributed by atoms with E-state index in [2.05, 4.69) is 25.6 Å². The van der Waals surface area contributed by atoms with Crippen LogP contribution in [-0.4, -0.2) is 22.0 Å². The molecule has 0 fully saturated rings. The third kappa shape index (κ3) is 3.39. The number of anilines is 2. The first-order valence-corrected chi connectivity index (χ1v) is 7.93. The monoisotopic (exact) mass is 354 g/mol. The molecule has 0 aliphatic heterocycles. The van der Waals surface area contributed by atoms with E-state index in [1.807, 2.05) is 13.0 Å². The van der Waals surface area contributed by atoms with E-state index in [0.717, 1.165) is 10.9 Å². The van der Waals surface area contributed by atoms with Gasteiger partial charge >= 0.3 is 0 Å². The SMILES string of the molecule is CNc1nc(N[C@@H](C)c2cc3cc(Cl)ccc3[nH]c2=O)ncc1C#N. The Morgan fingerprint density at radius 3 is 2.88 bits per heavy atom. The van der Waals surface area contributed by atoms with Gasteiger partial charge in [-0.1, -0.05) is 11.6 Å². The predicted molar refractivity (Wildman–Crippen MR) is 97.9 cm³/mol. The fourth-order valence-electron chi connectivity index (χ4n) is 2.51. The predicted octanol–water partition coefficient (Wildman–Crippen LogP) is 3.06. The van der Waals surface area contributed by atoms with Gasteiger partial charge in [-0.05, 0) is 31.2 Å². The Bertz CT molecular complexity index is 1040. The number of benzene rings is 1. The summed E-state index contributed by atoms with van der Waals surface area (Å²) in [5.41, 5.74) is 1.40. The van der Waals surface area contributed by atoms with Gasteiger partial charge in [-0.25, -0.2) is 4.98 Å². The number of nitrogens with zero attached hydrogens (tertiary/aromatic N) is 3. The molecule has 0 saturated heterocycles. The third-order valence-electron chi connectivity index (χ3n) is 3.79. The van der Waals surface area contributed by atoms with Gasteiger partial charge in [0.25, 0.3) is 5.56 Å². The summed E-state index contributed by atoms with van der Waals surface area (Å²) in [6.07, 6.45) is 1.43. The molecule has 2 heterocycles. The molecule has 3 rings (SSSR count). The van der Waals surface area contributed by atoms with Crippen LogP contribution in [-0.2, 0) is 0 Å². The van der Waals surface area contributed by atoms with Crippen LogP contribution in [0.15, 0.2) is 35.3 Å². The Morgan fingerprint density at radius 2 is 2.16 bits per heavy atom. The van der Waals surface area contributed by atoms with Crippen LogP contribution < -0.4 is 16.2 Å². The number of hydrogen-bond donors (Lipinski definition) is 3. The van der Waals surface area contributed by atoms with Crippen LogP contribution in [0.1, 0.15) is 24.1 Å². The molecule has 25 heavy (non-hydrogen) atoms. The number of nitrogens with one attached hydrogen (secondary N) is 3. The van der Waals surface area contributed by atoms with E-state index in [4.69, 9.17) is 16.9 Å². The Labute approximate surface area is 148 Å². The summed E-state index contributed by atoms with van der Waals surface area (Å²) in [6, 6.07) is 8.75. The van der Waals surface area contributed by atoms with Gasteiger partial charge in [-0.15, -0.1) is 0 Å². The van der Waals surface area contributed by atoms with Gasteiger partial charge in [0.15, 0.2) is 0 Å². The van der Waals surface area contributed by atoms with Gasteiger partial charge in [0.1, 0.15) is 17.5 Å². The summed E-state index contributed by atoms with van der Waals surface area (Å²) in [5.74, 6) is 0.743. The number of halogens is 1. The second-order valence-corrected chi connectivity index (χ2v) is 5.91. The molecule has 0 spiro atoms. The number of hydrogen-bond acceptors (Lipinski definition) is 6. The summed E-state index contributed by atoms with van der Waals surface area (Å²) in [7, 11) is 1.67. The highest BCUT2D eigenvalue weighted by atomic mass is 35.5. The molecule has 0 aliphatic carbocycles. The van der Waals surface area contributed by atoms with E-state index in [9.17, 15) is 4.79 Å². The maximum atomic E-state index is 12.3. The van der Waals surface area contributed by atoms with E-state index in [1.165, 1.54) is 6.20 Å². The maximum Gasteiger partial charge on any atom is 0.253 e. The van der Waals surface area contributed by atoms with Crippen LogP contribution in [0.3, 0.4) is 0 Å². The van der Waals surface area contributed by atoms with Gasteiger partial charge in [0.05, 0.1) is 12.2 Å². The fourth-order valence-corrected chi connectivity index (χ4v) is 2.69. The lowest BCUT2D eigenvalue weighted by molar-refractivity contribution is 0.845. The number of H-pyrrole nitrogens is 1. The van der Waals surface area contributed by atoms with Crippen molar-refractivity contribution in [2.45, 2.75) is 13.0 Å². The lowest BCUT2D eigenvalue weighted by atomic mass is 10.1. The summed E-state index contributed by atoms with van der Waals surface area (Å²) < 4.78 is 0. The second-order valence-electron chi connectivity index (χ2n) is 5.47. The maximum absolute atomic E-state index is 12.3. The summed E-state index contributed by atoms with van der Waals surface area (Å²) >= 11 is 6.02. The van der Waals surface area contributed by atoms with Crippen molar-refractivity contribution in [3.8, 4) is 6.07 Å². The highest BCUT2D eigenvalue weighted by Gasteiger charge is 2.14. The van der Waals surface area contributed by atoms with Gasteiger partial charge in [-0.3, -0.25) is 4.79 Å². The van der Waals surface area contributed by atoms with E-state index in [-0.39, 0.29) is 11.6 Å². The van der Waals surface area contributed by atoms with E-state index >= 15 is 0 Å². The Morgan fingerprint density at radius 1 is 1.36 bits per heavy atom. The van der Waals surface area contributed by atoms with Crippen LogP contribution >= 0.6 is 11.6 Å².